The van der Waals surface area contributed by atoms with E-state index in [1.807, 2.05) is 0 Å². The molecule has 0 spiro atoms. The number of halogens is 2. The molecule has 6 rings (SSSR count). The molecule has 0 radical (unpaired) electrons. The van der Waals surface area contributed by atoms with Gasteiger partial charge in [0.15, 0.2) is 17.2 Å². The highest BCUT2D eigenvalue weighted by Crippen LogP contribution is 2.61. The molecule has 5 aliphatic rings. The van der Waals surface area contributed by atoms with Gasteiger partial charge in [-0.15, -0.1) is 0 Å². The summed E-state index contributed by atoms with van der Waals surface area (Å²) in [6.07, 6.45) is 8.35. The van der Waals surface area contributed by atoms with Crippen molar-refractivity contribution in [3.05, 3.63) is 29.5 Å². The van der Waals surface area contributed by atoms with Gasteiger partial charge in [0.05, 0.1) is 7.11 Å². The minimum absolute atomic E-state index is 0.114. The Morgan fingerprint density at radius 3 is 2.41 bits per heavy atom. The Morgan fingerprint density at radius 2 is 1.83 bits per heavy atom. The zero-order valence-corrected chi connectivity index (χ0v) is 16.2. The summed E-state index contributed by atoms with van der Waals surface area (Å²) >= 11 is 0. The summed E-state index contributed by atoms with van der Waals surface area (Å²) in [5.74, 6) is 2.11. The standard InChI is InChI=1S/C22H23F2NO4/c1-27-17-4-2-3-15(18(17)28-21(23)24)8-16-19(26)29-20(25-16)22-9-12-5-13(10-22)7-14(6-12)11-22/h2-4,8,12-14,21H,5-7,9-11H2,1H3/b16-8-. The highest BCUT2D eigenvalue weighted by atomic mass is 19.3. The molecule has 1 aromatic carbocycles. The molecule has 0 N–H and O–H groups in total. The van der Waals surface area contributed by atoms with Crippen molar-refractivity contribution in [2.75, 3.05) is 7.11 Å². The zero-order chi connectivity index (χ0) is 20.2. The number of para-hydroxylation sites is 1. The summed E-state index contributed by atoms with van der Waals surface area (Å²) in [5.41, 5.74) is 0.270. The largest absolute Gasteiger partial charge is 0.493 e. The second-order valence-electron chi connectivity index (χ2n) is 8.79. The third-order valence-corrected chi connectivity index (χ3v) is 6.84. The Morgan fingerprint density at radius 1 is 1.17 bits per heavy atom. The first-order valence-electron chi connectivity index (χ1n) is 10.1. The molecule has 1 aliphatic heterocycles. The second kappa shape index (κ2) is 6.82. The van der Waals surface area contributed by atoms with Crippen LogP contribution in [0.1, 0.15) is 44.1 Å². The summed E-state index contributed by atoms with van der Waals surface area (Å²) < 4.78 is 41.1. The molecule has 0 unspecified atom stereocenters. The van der Waals surface area contributed by atoms with Gasteiger partial charge in [-0.25, -0.2) is 9.79 Å². The maximum atomic E-state index is 12.9. The zero-order valence-electron chi connectivity index (χ0n) is 16.2. The lowest BCUT2D eigenvalue weighted by Crippen LogP contribution is -2.50. The van der Waals surface area contributed by atoms with Gasteiger partial charge in [-0.1, -0.05) is 12.1 Å². The highest BCUT2D eigenvalue weighted by molar-refractivity contribution is 6.09. The van der Waals surface area contributed by atoms with Crippen molar-refractivity contribution in [3.63, 3.8) is 0 Å². The molecule has 0 aromatic heterocycles. The van der Waals surface area contributed by atoms with E-state index in [4.69, 9.17) is 9.47 Å². The average Bonchev–Trinajstić information content (AvgIpc) is 3.03. The summed E-state index contributed by atoms with van der Waals surface area (Å²) in [4.78, 5) is 17.1. The number of benzene rings is 1. The normalized spacial score (nSPS) is 33.9. The number of carbonyl (C=O) groups is 1. The van der Waals surface area contributed by atoms with Crippen LogP contribution in [0.2, 0.25) is 0 Å². The number of methoxy groups -OCH3 is 1. The minimum Gasteiger partial charge on any atom is -0.493 e. The number of carbonyl (C=O) groups excluding carboxylic acids is 1. The number of rotatable bonds is 5. The monoisotopic (exact) mass is 403 g/mol. The van der Waals surface area contributed by atoms with E-state index in [-0.39, 0.29) is 22.6 Å². The van der Waals surface area contributed by atoms with Crippen LogP contribution < -0.4 is 9.47 Å². The fraction of sp³-hybridized carbons (Fsp3) is 0.545. The van der Waals surface area contributed by atoms with Crippen LogP contribution in [0.3, 0.4) is 0 Å². The number of cyclic esters (lactones) is 1. The van der Waals surface area contributed by atoms with Gasteiger partial charge in [0, 0.05) is 11.0 Å². The van der Waals surface area contributed by atoms with Crippen LogP contribution >= 0.6 is 0 Å². The van der Waals surface area contributed by atoms with E-state index in [2.05, 4.69) is 9.73 Å². The lowest BCUT2D eigenvalue weighted by Gasteiger charge is -2.55. The summed E-state index contributed by atoms with van der Waals surface area (Å²) in [5, 5.41) is 0. The van der Waals surface area contributed by atoms with Gasteiger partial charge < -0.3 is 14.2 Å². The van der Waals surface area contributed by atoms with E-state index < -0.39 is 12.6 Å². The molecule has 7 heteroatoms. The molecule has 5 nitrogen and oxygen atoms in total. The van der Waals surface area contributed by atoms with Crippen molar-refractivity contribution in [2.24, 2.45) is 28.2 Å². The molecule has 4 aliphatic carbocycles. The van der Waals surface area contributed by atoms with Crippen LogP contribution in [0, 0.1) is 23.2 Å². The van der Waals surface area contributed by atoms with E-state index >= 15 is 0 Å². The SMILES string of the molecule is COc1cccc(/C=C2\N=C(C34CC5CC(CC(C5)C3)C4)OC2=O)c1OC(F)F. The van der Waals surface area contributed by atoms with Crippen LogP contribution in [0.4, 0.5) is 8.78 Å². The first-order valence-corrected chi connectivity index (χ1v) is 10.1. The Hall–Kier alpha value is -2.44. The molecular formula is C22H23F2NO4. The molecule has 1 heterocycles. The van der Waals surface area contributed by atoms with E-state index in [9.17, 15) is 13.6 Å². The summed E-state index contributed by atoms with van der Waals surface area (Å²) in [6, 6.07) is 4.75. The fourth-order valence-electron chi connectivity index (χ4n) is 6.18. The number of hydrogen-bond donors (Lipinski definition) is 0. The summed E-state index contributed by atoms with van der Waals surface area (Å²) in [6.45, 7) is -3.01. The van der Waals surface area contributed by atoms with Gasteiger partial charge in [0.2, 0.25) is 5.90 Å². The molecule has 0 atom stereocenters. The number of nitrogens with zero attached hydrogens (tertiary/aromatic N) is 1. The van der Waals surface area contributed by atoms with Crippen molar-refractivity contribution in [2.45, 2.75) is 45.1 Å². The number of esters is 1. The highest BCUT2D eigenvalue weighted by Gasteiger charge is 2.55. The Bertz CT molecular complexity index is 873. The van der Waals surface area contributed by atoms with Gasteiger partial charge in [-0.05, 0) is 68.4 Å². The first kappa shape index (κ1) is 18.6. The number of alkyl halides is 2. The second-order valence-corrected chi connectivity index (χ2v) is 8.79. The maximum Gasteiger partial charge on any atom is 0.387 e. The topological polar surface area (TPSA) is 57.1 Å². The molecule has 4 fully saturated rings. The molecule has 4 bridgehead atoms. The average molecular weight is 403 g/mol. The smallest absolute Gasteiger partial charge is 0.387 e. The summed E-state index contributed by atoms with van der Waals surface area (Å²) in [7, 11) is 1.37. The van der Waals surface area contributed by atoms with Crippen molar-refractivity contribution < 1.29 is 27.8 Å². The van der Waals surface area contributed by atoms with Gasteiger partial charge in [0.25, 0.3) is 0 Å². The van der Waals surface area contributed by atoms with Gasteiger partial charge in [-0.2, -0.15) is 8.78 Å². The van der Waals surface area contributed by atoms with Crippen molar-refractivity contribution in [1.29, 1.82) is 0 Å². The molecule has 4 saturated carbocycles. The predicted octanol–water partition coefficient (Wildman–Crippen LogP) is 4.81. The lowest BCUT2D eigenvalue weighted by atomic mass is 9.49. The van der Waals surface area contributed by atoms with Gasteiger partial charge in [-0.3, -0.25) is 0 Å². The molecule has 0 saturated heterocycles. The quantitative estimate of drug-likeness (QED) is 0.523. The van der Waals surface area contributed by atoms with Gasteiger partial charge >= 0.3 is 12.6 Å². The van der Waals surface area contributed by atoms with E-state index in [0.717, 1.165) is 19.3 Å². The Balaban J connectivity index is 1.49. The number of aliphatic imine (C=N–C) groups is 1. The van der Waals surface area contributed by atoms with Crippen molar-refractivity contribution in [3.8, 4) is 11.5 Å². The molecule has 29 heavy (non-hydrogen) atoms. The molecule has 1 aromatic rings. The Kier molecular flexibility index (Phi) is 4.37. The third kappa shape index (κ3) is 3.20. The van der Waals surface area contributed by atoms with Crippen molar-refractivity contribution >= 4 is 17.9 Å². The minimum atomic E-state index is -3.01. The fourth-order valence-corrected chi connectivity index (χ4v) is 6.18. The van der Waals surface area contributed by atoms with Gasteiger partial charge in [0.1, 0.15) is 0 Å². The molecule has 154 valence electrons. The van der Waals surface area contributed by atoms with Crippen LogP contribution in [0.5, 0.6) is 11.5 Å². The molecular weight excluding hydrogens is 380 g/mol. The first-order chi connectivity index (χ1) is 14.0. The van der Waals surface area contributed by atoms with Crippen LogP contribution in [0.25, 0.3) is 6.08 Å². The van der Waals surface area contributed by atoms with Crippen LogP contribution in [-0.4, -0.2) is 25.6 Å². The van der Waals surface area contributed by atoms with Crippen molar-refractivity contribution in [1.82, 2.24) is 0 Å². The number of hydrogen-bond acceptors (Lipinski definition) is 5. The predicted molar refractivity (Wildman–Crippen MR) is 102 cm³/mol. The van der Waals surface area contributed by atoms with E-state index in [0.29, 0.717) is 29.2 Å². The van der Waals surface area contributed by atoms with E-state index in [1.54, 1.807) is 12.1 Å². The lowest BCUT2D eigenvalue weighted by molar-refractivity contribution is -0.131. The molecule has 0 amide bonds. The van der Waals surface area contributed by atoms with Crippen LogP contribution in [0.15, 0.2) is 28.9 Å². The third-order valence-electron chi connectivity index (χ3n) is 6.84. The van der Waals surface area contributed by atoms with E-state index in [1.165, 1.54) is 38.5 Å². The maximum absolute atomic E-state index is 12.9. The number of ether oxygens (including phenoxy) is 3. The Labute approximate surface area is 167 Å². The van der Waals surface area contributed by atoms with Crippen LogP contribution in [-0.2, 0) is 9.53 Å².